The van der Waals surface area contributed by atoms with E-state index < -0.39 is 0 Å². The SMILES string of the molecule is CCc1cnc(CCN=C(N)NC(C)COC)s1. The lowest BCUT2D eigenvalue weighted by Crippen LogP contribution is -2.40. The van der Waals surface area contributed by atoms with Crippen LogP contribution in [0.25, 0.3) is 0 Å². The molecular weight excluding hydrogens is 248 g/mol. The Morgan fingerprint density at radius 3 is 3.06 bits per heavy atom. The van der Waals surface area contributed by atoms with E-state index in [9.17, 15) is 0 Å². The van der Waals surface area contributed by atoms with E-state index in [0.29, 0.717) is 19.1 Å². The van der Waals surface area contributed by atoms with Crippen LogP contribution >= 0.6 is 11.3 Å². The summed E-state index contributed by atoms with van der Waals surface area (Å²) in [6, 6.07) is 0.172. The van der Waals surface area contributed by atoms with E-state index in [2.05, 4.69) is 22.2 Å². The molecule has 0 aromatic carbocycles. The van der Waals surface area contributed by atoms with Crippen molar-refractivity contribution in [2.45, 2.75) is 32.7 Å². The second kappa shape index (κ2) is 8.05. The number of hydrogen-bond acceptors (Lipinski definition) is 4. The van der Waals surface area contributed by atoms with E-state index in [1.807, 2.05) is 13.1 Å². The monoisotopic (exact) mass is 270 g/mol. The van der Waals surface area contributed by atoms with Crippen LogP contribution < -0.4 is 11.1 Å². The number of nitrogens with one attached hydrogen (secondary N) is 1. The Kier molecular flexibility index (Phi) is 6.67. The van der Waals surface area contributed by atoms with Gasteiger partial charge in [-0.15, -0.1) is 11.3 Å². The molecule has 1 heterocycles. The molecule has 1 atom stereocenters. The first-order chi connectivity index (χ1) is 8.65. The van der Waals surface area contributed by atoms with Gasteiger partial charge in [0.2, 0.25) is 0 Å². The quantitative estimate of drug-likeness (QED) is 0.576. The molecule has 1 unspecified atom stereocenters. The molecule has 0 aliphatic carbocycles. The van der Waals surface area contributed by atoms with Gasteiger partial charge in [-0.3, -0.25) is 4.99 Å². The molecule has 0 fully saturated rings. The first kappa shape index (κ1) is 14.9. The molecule has 0 radical (unpaired) electrons. The van der Waals surface area contributed by atoms with Crippen LogP contribution in [0.1, 0.15) is 23.7 Å². The summed E-state index contributed by atoms with van der Waals surface area (Å²) in [6.45, 7) is 5.41. The first-order valence-electron chi connectivity index (χ1n) is 6.14. The number of nitrogens with two attached hydrogens (primary N) is 1. The first-order valence-corrected chi connectivity index (χ1v) is 6.96. The topological polar surface area (TPSA) is 72.5 Å². The van der Waals surface area contributed by atoms with Crippen LogP contribution in [-0.4, -0.2) is 37.2 Å². The summed E-state index contributed by atoms with van der Waals surface area (Å²) in [4.78, 5) is 9.93. The summed E-state index contributed by atoms with van der Waals surface area (Å²) in [5.41, 5.74) is 5.77. The van der Waals surface area contributed by atoms with E-state index in [1.165, 1.54) is 4.88 Å². The minimum absolute atomic E-state index is 0.172. The maximum absolute atomic E-state index is 5.77. The van der Waals surface area contributed by atoms with Crippen LogP contribution in [0.3, 0.4) is 0 Å². The number of hydrogen-bond donors (Lipinski definition) is 2. The van der Waals surface area contributed by atoms with Gasteiger partial charge in [0.05, 0.1) is 11.6 Å². The Labute approximate surface area is 112 Å². The highest BCUT2D eigenvalue weighted by Crippen LogP contribution is 2.13. The second-order valence-electron chi connectivity index (χ2n) is 4.09. The lowest BCUT2D eigenvalue weighted by atomic mass is 10.4. The van der Waals surface area contributed by atoms with E-state index in [1.54, 1.807) is 18.4 Å². The fourth-order valence-electron chi connectivity index (χ4n) is 1.49. The number of rotatable bonds is 7. The number of aromatic nitrogens is 1. The third-order valence-corrected chi connectivity index (χ3v) is 3.57. The van der Waals surface area contributed by atoms with Gasteiger partial charge in [-0.1, -0.05) is 6.92 Å². The Morgan fingerprint density at radius 2 is 2.44 bits per heavy atom. The zero-order valence-corrected chi connectivity index (χ0v) is 12.1. The summed E-state index contributed by atoms with van der Waals surface area (Å²) in [5, 5.41) is 4.19. The number of aryl methyl sites for hydroxylation is 1. The number of guanidine groups is 1. The standard InChI is InChI=1S/C12H22N4OS/c1-4-10-7-15-11(18-10)5-6-14-12(13)16-9(2)8-17-3/h7,9H,4-6,8H2,1-3H3,(H3,13,14,16). The Bertz CT molecular complexity index is 378. The Morgan fingerprint density at radius 1 is 1.67 bits per heavy atom. The fourth-order valence-corrected chi connectivity index (χ4v) is 2.34. The Hall–Kier alpha value is -1.14. The third-order valence-electron chi connectivity index (χ3n) is 2.37. The van der Waals surface area contributed by atoms with Crippen LogP contribution in [-0.2, 0) is 17.6 Å². The molecule has 102 valence electrons. The zero-order chi connectivity index (χ0) is 13.4. The molecule has 0 amide bonds. The normalized spacial score (nSPS) is 13.6. The highest BCUT2D eigenvalue weighted by atomic mass is 32.1. The van der Waals surface area contributed by atoms with Crippen molar-refractivity contribution in [3.05, 3.63) is 16.1 Å². The van der Waals surface area contributed by atoms with Crippen molar-refractivity contribution in [3.63, 3.8) is 0 Å². The predicted octanol–water partition coefficient (Wildman–Crippen LogP) is 1.19. The van der Waals surface area contributed by atoms with Crippen LogP contribution in [0.15, 0.2) is 11.2 Å². The van der Waals surface area contributed by atoms with Crippen molar-refractivity contribution in [1.82, 2.24) is 10.3 Å². The smallest absolute Gasteiger partial charge is 0.188 e. The number of nitrogens with zero attached hydrogens (tertiary/aromatic N) is 2. The number of thiazole rings is 1. The summed E-state index contributed by atoms with van der Waals surface area (Å²) in [5.74, 6) is 0.465. The summed E-state index contributed by atoms with van der Waals surface area (Å²) in [6.07, 6.45) is 3.82. The average molecular weight is 270 g/mol. The van der Waals surface area contributed by atoms with Crippen molar-refractivity contribution in [2.24, 2.45) is 10.7 Å². The lowest BCUT2D eigenvalue weighted by Gasteiger charge is -2.12. The molecule has 0 saturated carbocycles. The average Bonchev–Trinajstić information content (AvgIpc) is 2.77. The van der Waals surface area contributed by atoms with Gasteiger partial charge in [0.25, 0.3) is 0 Å². The highest BCUT2D eigenvalue weighted by Gasteiger charge is 2.02. The lowest BCUT2D eigenvalue weighted by molar-refractivity contribution is 0.179. The number of ether oxygens (including phenoxy) is 1. The van der Waals surface area contributed by atoms with E-state index in [4.69, 9.17) is 10.5 Å². The minimum Gasteiger partial charge on any atom is -0.383 e. The summed E-state index contributed by atoms with van der Waals surface area (Å²) >= 11 is 1.74. The van der Waals surface area contributed by atoms with Gasteiger partial charge in [-0.25, -0.2) is 4.98 Å². The molecule has 5 nitrogen and oxygen atoms in total. The van der Waals surface area contributed by atoms with E-state index in [-0.39, 0.29) is 6.04 Å². The number of aliphatic imine (C=N–C) groups is 1. The van der Waals surface area contributed by atoms with Gasteiger partial charge in [-0.05, 0) is 13.3 Å². The number of methoxy groups -OCH3 is 1. The maximum Gasteiger partial charge on any atom is 0.188 e. The van der Waals surface area contributed by atoms with Gasteiger partial charge in [0.15, 0.2) is 5.96 Å². The predicted molar refractivity (Wildman–Crippen MR) is 76.2 cm³/mol. The Balaban J connectivity index is 2.30. The summed E-state index contributed by atoms with van der Waals surface area (Å²) in [7, 11) is 1.67. The molecule has 0 saturated heterocycles. The van der Waals surface area contributed by atoms with Crippen molar-refractivity contribution in [3.8, 4) is 0 Å². The molecule has 0 spiro atoms. The van der Waals surface area contributed by atoms with Crippen molar-refractivity contribution in [1.29, 1.82) is 0 Å². The molecule has 0 aliphatic heterocycles. The molecule has 0 bridgehead atoms. The van der Waals surface area contributed by atoms with Crippen LogP contribution in [0.4, 0.5) is 0 Å². The van der Waals surface area contributed by atoms with Gasteiger partial charge in [0, 0.05) is 37.2 Å². The van der Waals surface area contributed by atoms with E-state index in [0.717, 1.165) is 17.8 Å². The van der Waals surface area contributed by atoms with E-state index >= 15 is 0 Å². The molecule has 6 heteroatoms. The minimum atomic E-state index is 0.172. The zero-order valence-electron chi connectivity index (χ0n) is 11.3. The van der Waals surface area contributed by atoms with Crippen LogP contribution in [0, 0.1) is 0 Å². The van der Waals surface area contributed by atoms with Crippen molar-refractivity contribution in [2.75, 3.05) is 20.3 Å². The van der Waals surface area contributed by atoms with Crippen molar-refractivity contribution >= 4 is 17.3 Å². The molecular formula is C12H22N4OS. The van der Waals surface area contributed by atoms with Gasteiger partial charge >= 0.3 is 0 Å². The van der Waals surface area contributed by atoms with Gasteiger partial charge in [0.1, 0.15) is 0 Å². The molecule has 3 N–H and O–H groups in total. The van der Waals surface area contributed by atoms with Crippen molar-refractivity contribution < 1.29 is 4.74 Å². The second-order valence-corrected chi connectivity index (χ2v) is 5.29. The fraction of sp³-hybridized carbons (Fsp3) is 0.667. The molecule has 1 rings (SSSR count). The van der Waals surface area contributed by atoms with Crippen LogP contribution in [0.2, 0.25) is 0 Å². The molecule has 0 aliphatic rings. The maximum atomic E-state index is 5.77. The molecule has 1 aromatic heterocycles. The van der Waals surface area contributed by atoms with Gasteiger partial charge in [-0.2, -0.15) is 0 Å². The highest BCUT2D eigenvalue weighted by molar-refractivity contribution is 7.11. The third kappa shape index (κ3) is 5.46. The largest absolute Gasteiger partial charge is 0.383 e. The molecule has 18 heavy (non-hydrogen) atoms. The van der Waals surface area contributed by atoms with Crippen LogP contribution in [0.5, 0.6) is 0 Å². The van der Waals surface area contributed by atoms with Gasteiger partial charge < -0.3 is 15.8 Å². The molecule has 1 aromatic rings. The summed E-state index contributed by atoms with van der Waals surface area (Å²) < 4.78 is 5.01.